The molecule has 2 amide bonds. The van der Waals surface area contributed by atoms with Crippen molar-refractivity contribution < 1.29 is 23.6 Å². The molecule has 3 rings (SSSR count). The molecule has 11 heteroatoms. The fraction of sp³-hybridized carbons (Fsp3) is 0.739. The first kappa shape index (κ1) is 26.2. The predicted molar refractivity (Wildman–Crippen MR) is 130 cm³/mol. The monoisotopic (exact) mass is 475 g/mol. The van der Waals surface area contributed by atoms with Gasteiger partial charge in [0.05, 0.1) is 11.2 Å². The first-order valence-corrected chi connectivity index (χ1v) is 11.9. The fourth-order valence-corrected chi connectivity index (χ4v) is 3.79. The van der Waals surface area contributed by atoms with E-state index in [1.54, 1.807) is 45.0 Å². The molecule has 2 aliphatic rings. The van der Waals surface area contributed by atoms with E-state index in [2.05, 4.69) is 20.6 Å². The molecule has 188 valence electrons. The summed E-state index contributed by atoms with van der Waals surface area (Å²) in [6, 6.07) is -0.646. The van der Waals surface area contributed by atoms with Crippen LogP contribution in [0.1, 0.15) is 61.8 Å². The Morgan fingerprint density at radius 3 is 2.35 bits per heavy atom. The van der Waals surface area contributed by atoms with Crippen molar-refractivity contribution in [2.24, 2.45) is 5.92 Å². The summed E-state index contributed by atoms with van der Waals surface area (Å²) in [4.78, 5) is 35.2. The number of hydrogen-bond donors (Lipinski definition) is 2. The molecule has 0 saturated carbocycles. The van der Waals surface area contributed by atoms with Crippen molar-refractivity contribution in [1.29, 1.82) is 0 Å². The Bertz CT molecular complexity index is 871. The number of anilines is 1. The van der Waals surface area contributed by atoms with E-state index in [0.717, 1.165) is 11.9 Å². The Hall–Kier alpha value is -2.40. The number of likely N-dealkylation sites (tertiary alicyclic amines) is 1. The van der Waals surface area contributed by atoms with Gasteiger partial charge in [-0.2, -0.15) is 0 Å². The van der Waals surface area contributed by atoms with Crippen molar-refractivity contribution in [3.05, 3.63) is 12.4 Å². The van der Waals surface area contributed by atoms with Crippen molar-refractivity contribution in [3.63, 3.8) is 0 Å². The normalized spacial score (nSPS) is 22.4. The Balaban J connectivity index is 1.45. The molecular formula is C23H38BN5O5. The second kappa shape index (κ2) is 9.69. The minimum Gasteiger partial charge on any atom is -0.444 e. The fourth-order valence-electron chi connectivity index (χ4n) is 3.79. The van der Waals surface area contributed by atoms with Crippen LogP contribution < -0.4 is 16.1 Å². The van der Waals surface area contributed by atoms with E-state index in [1.165, 1.54) is 0 Å². The quantitative estimate of drug-likeness (QED) is 0.600. The molecule has 3 heterocycles. The summed E-state index contributed by atoms with van der Waals surface area (Å²) in [7, 11) is -0.496. The van der Waals surface area contributed by atoms with Gasteiger partial charge >= 0.3 is 13.2 Å². The number of aromatic nitrogens is 2. The molecule has 0 spiro atoms. The highest BCUT2D eigenvalue weighted by molar-refractivity contribution is 6.61. The van der Waals surface area contributed by atoms with Gasteiger partial charge in [-0.15, -0.1) is 0 Å². The molecule has 2 saturated heterocycles. The van der Waals surface area contributed by atoms with E-state index in [1.807, 2.05) is 27.7 Å². The standard InChI is InChI=1S/C23H38BN5O5/c1-15(28-20(31)32-21(2,3)4)18(30)29-10-9-16(14-29)11-25-19-26-12-17(13-27-19)24-33-22(5,6)23(7,8)34-24/h12-13,15-16H,9-11,14H2,1-8H3,(H,28,31)(H,25,26,27)/t15-,16+/m1/s1. The number of nitrogens with one attached hydrogen (secondary N) is 2. The third-order valence-electron chi connectivity index (χ3n) is 6.45. The zero-order valence-corrected chi connectivity index (χ0v) is 21.6. The average molecular weight is 475 g/mol. The van der Waals surface area contributed by atoms with Crippen molar-refractivity contribution in [2.75, 3.05) is 25.0 Å². The molecule has 0 unspecified atom stereocenters. The highest BCUT2D eigenvalue weighted by Crippen LogP contribution is 2.36. The molecule has 0 aliphatic carbocycles. The van der Waals surface area contributed by atoms with Crippen LogP contribution in [-0.2, 0) is 18.8 Å². The molecule has 2 aliphatic heterocycles. The van der Waals surface area contributed by atoms with Crippen LogP contribution >= 0.6 is 0 Å². The number of amides is 2. The van der Waals surface area contributed by atoms with Gasteiger partial charge in [-0.3, -0.25) is 4.79 Å². The van der Waals surface area contributed by atoms with E-state index >= 15 is 0 Å². The van der Waals surface area contributed by atoms with E-state index in [-0.39, 0.29) is 11.8 Å². The van der Waals surface area contributed by atoms with Crippen LogP contribution in [0, 0.1) is 5.92 Å². The lowest BCUT2D eigenvalue weighted by Gasteiger charge is -2.32. The number of hydrogen-bond acceptors (Lipinski definition) is 8. The zero-order valence-electron chi connectivity index (χ0n) is 21.6. The summed E-state index contributed by atoms with van der Waals surface area (Å²) in [5, 5.41) is 5.87. The Morgan fingerprint density at radius 1 is 1.21 bits per heavy atom. The number of carbonyl (C=O) groups is 2. The third kappa shape index (κ3) is 6.38. The summed E-state index contributed by atoms with van der Waals surface area (Å²) in [5.74, 6) is 0.672. The molecule has 0 radical (unpaired) electrons. The average Bonchev–Trinajstić information content (AvgIpc) is 3.26. The molecule has 2 atom stereocenters. The molecule has 0 bridgehead atoms. The molecule has 2 fully saturated rings. The van der Waals surface area contributed by atoms with Crippen LogP contribution in [-0.4, -0.2) is 76.5 Å². The van der Waals surface area contributed by atoms with Gasteiger partial charge in [0.15, 0.2) is 0 Å². The first-order chi connectivity index (χ1) is 15.7. The number of rotatable bonds is 6. The lowest BCUT2D eigenvalue weighted by atomic mass is 9.81. The van der Waals surface area contributed by atoms with E-state index in [4.69, 9.17) is 14.0 Å². The van der Waals surface area contributed by atoms with Crippen molar-refractivity contribution in [2.45, 2.75) is 84.7 Å². The van der Waals surface area contributed by atoms with Gasteiger partial charge in [-0.05, 0) is 67.7 Å². The maximum atomic E-state index is 12.7. The first-order valence-electron chi connectivity index (χ1n) is 11.9. The summed E-state index contributed by atoms with van der Waals surface area (Å²) in [5.41, 5.74) is -0.670. The SMILES string of the molecule is C[C@@H](NC(=O)OC(C)(C)C)C(=O)N1CC[C@@H](CNc2ncc(B3OC(C)(C)C(C)(C)O3)cn2)C1. The highest BCUT2D eigenvalue weighted by atomic mass is 16.7. The second-order valence-electron chi connectivity index (χ2n) is 11.1. The van der Waals surface area contributed by atoms with Crippen LogP contribution in [0.25, 0.3) is 0 Å². The maximum absolute atomic E-state index is 12.7. The van der Waals surface area contributed by atoms with Gasteiger partial charge in [0, 0.05) is 37.5 Å². The highest BCUT2D eigenvalue weighted by Gasteiger charge is 2.52. The Labute approximate surface area is 202 Å². The molecule has 34 heavy (non-hydrogen) atoms. The Kier molecular flexibility index (Phi) is 7.47. The van der Waals surface area contributed by atoms with Gasteiger partial charge in [-0.25, -0.2) is 14.8 Å². The van der Waals surface area contributed by atoms with Gasteiger partial charge in [0.25, 0.3) is 0 Å². The second-order valence-corrected chi connectivity index (χ2v) is 11.1. The number of ether oxygens (including phenoxy) is 1. The number of carbonyl (C=O) groups excluding carboxylic acids is 2. The van der Waals surface area contributed by atoms with Crippen molar-refractivity contribution in [1.82, 2.24) is 20.2 Å². The van der Waals surface area contributed by atoms with Crippen molar-refractivity contribution in [3.8, 4) is 0 Å². The topological polar surface area (TPSA) is 115 Å². The van der Waals surface area contributed by atoms with E-state index < -0.39 is 36.1 Å². The summed E-state index contributed by atoms with van der Waals surface area (Å²) >= 11 is 0. The number of nitrogens with zero attached hydrogens (tertiary/aromatic N) is 3. The minimum atomic E-state index is -0.646. The summed E-state index contributed by atoms with van der Waals surface area (Å²) in [6.07, 6.45) is 3.70. The third-order valence-corrected chi connectivity index (χ3v) is 6.45. The summed E-state index contributed by atoms with van der Waals surface area (Å²) < 4.78 is 17.3. The van der Waals surface area contributed by atoms with E-state index in [9.17, 15) is 9.59 Å². The molecule has 1 aromatic heterocycles. The molecular weight excluding hydrogens is 437 g/mol. The molecule has 2 N–H and O–H groups in total. The Morgan fingerprint density at radius 2 is 1.79 bits per heavy atom. The summed E-state index contributed by atoms with van der Waals surface area (Å²) in [6.45, 7) is 17.0. The molecule has 0 aromatic carbocycles. The largest absolute Gasteiger partial charge is 0.498 e. The van der Waals surface area contributed by atoms with Crippen LogP contribution in [0.15, 0.2) is 12.4 Å². The van der Waals surface area contributed by atoms with E-state index in [0.29, 0.717) is 25.6 Å². The number of alkyl carbamates (subject to hydrolysis) is 1. The lowest BCUT2D eigenvalue weighted by molar-refractivity contribution is -0.132. The molecule has 10 nitrogen and oxygen atoms in total. The van der Waals surface area contributed by atoms with Gasteiger partial charge in [0.1, 0.15) is 11.6 Å². The van der Waals surface area contributed by atoms with Gasteiger partial charge < -0.3 is 29.6 Å². The smallest absolute Gasteiger partial charge is 0.444 e. The van der Waals surface area contributed by atoms with Gasteiger partial charge in [-0.1, -0.05) is 0 Å². The molecule has 1 aromatic rings. The van der Waals surface area contributed by atoms with Crippen LogP contribution in [0.3, 0.4) is 0 Å². The van der Waals surface area contributed by atoms with Crippen LogP contribution in [0.5, 0.6) is 0 Å². The van der Waals surface area contributed by atoms with Crippen LogP contribution in [0.2, 0.25) is 0 Å². The minimum absolute atomic E-state index is 0.114. The zero-order chi connectivity index (χ0) is 25.3. The van der Waals surface area contributed by atoms with Crippen molar-refractivity contribution >= 4 is 30.5 Å². The van der Waals surface area contributed by atoms with Crippen LogP contribution in [0.4, 0.5) is 10.7 Å². The lowest BCUT2D eigenvalue weighted by Crippen LogP contribution is -2.47. The maximum Gasteiger partial charge on any atom is 0.498 e. The predicted octanol–water partition coefficient (Wildman–Crippen LogP) is 1.95. The van der Waals surface area contributed by atoms with Gasteiger partial charge in [0.2, 0.25) is 11.9 Å².